The molecule has 3 aromatic rings. The van der Waals surface area contributed by atoms with Crippen LogP contribution >= 0.6 is 11.6 Å². The lowest BCUT2D eigenvalue weighted by Crippen LogP contribution is -2.49. The van der Waals surface area contributed by atoms with Gasteiger partial charge in [0, 0.05) is 52.4 Å². The van der Waals surface area contributed by atoms with E-state index in [0.717, 1.165) is 44.9 Å². The number of pyridine rings is 1. The van der Waals surface area contributed by atoms with Gasteiger partial charge < -0.3 is 14.8 Å². The number of aromatic nitrogens is 2. The molecule has 5 heteroatoms. The summed E-state index contributed by atoms with van der Waals surface area (Å²) in [5, 5.41) is 13.8. The third-order valence-corrected chi connectivity index (χ3v) is 6.79. The summed E-state index contributed by atoms with van der Waals surface area (Å²) in [5.74, 6) is 0.942. The standard InChI is InChI=1S/C25H31ClN2O2/c1-23(2,3)25(29,13-19-11-17-14-27-8-6-21(17)28-19)15-24(4,5)20-12-18(26)10-16-7-9-30-22(16)20/h6,8,10-12,14,28-29H,7,9,13,15H2,1-5H3. The van der Waals surface area contributed by atoms with Crippen molar-refractivity contribution in [3.63, 3.8) is 0 Å². The number of H-pyrrole nitrogens is 1. The number of nitrogens with one attached hydrogen (secondary N) is 1. The van der Waals surface area contributed by atoms with Crippen molar-refractivity contribution in [2.45, 2.75) is 64.9 Å². The molecular formula is C25H31ClN2O2. The van der Waals surface area contributed by atoms with Crippen LogP contribution in [0.15, 0.2) is 36.7 Å². The van der Waals surface area contributed by atoms with Crippen molar-refractivity contribution < 1.29 is 9.84 Å². The first-order valence-electron chi connectivity index (χ1n) is 10.6. The lowest BCUT2D eigenvalue weighted by Gasteiger charge is -2.45. The zero-order chi connectivity index (χ0) is 21.7. The van der Waals surface area contributed by atoms with Crippen molar-refractivity contribution in [2.75, 3.05) is 6.61 Å². The molecule has 0 amide bonds. The summed E-state index contributed by atoms with van der Waals surface area (Å²) in [6, 6.07) is 8.05. The molecule has 0 saturated heterocycles. The van der Waals surface area contributed by atoms with E-state index in [0.29, 0.717) is 19.4 Å². The van der Waals surface area contributed by atoms with Crippen LogP contribution in [0.1, 0.15) is 57.9 Å². The minimum Gasteiger partial charge on any atom is -0.493 e. The highest BCUT2D eigenvalue weighted by atomic mass is 35.5. The summed E-state index contributed by atoms with van der Waals surface area (Å²) in [6.45, 7) is 11.3. The first kappa shape index (κ1) is 21.2. The Morgan fingerprint density at radius 2 is 1.93 bits per heavy atom. The number of hydrogen-bond donors (Lipinski definition) is 2. The molecule has 0 saturated carbocycles. The van der Waals surface area contributed by atoms with Gasteiger partial charge in [-0.05, 0) is 47.1 Å². The van der Waals surface area contributed by atoms with E-state index >= 15 is 0 Å². The van der Waals surface area contributed by atoms with Gasteiger partial charge in [0.15, 0.2) is 0 Å². The van der Waals surface area contributed by atoms with E-state index in [9.17, 15) is 5.11 Å². The van der Waals surface area contributed by atoms with Crippen LogP contribution in [-0.2, 0) is 18.3 Å². The second kappa shape index (κ2) is 7.28. The van der Waals surface area contributed by atoms with Gasteiger partial charge in [0.2, 0.25) is 0 Å². The largest absolute Gasteiger partial charge is 0.493 e. The molecule has 0 bridgehead atoms. The zero-order valence-corrected chi connectivity index (χ0v) is 19.2. The molecule has 1 aliphatic rings. The van der Waals surface area contributed by atoms with Crippen LogP contribution in [0.5, 0.6) is 5.75 Å². The van der Waals surface area contributed by atoms with E-state index in [1.165, 1.54) is 0 Å². The average molecular weight is 427 g/mol. The Kier molecular flexibility index (Phi) is 5.14. The van der Waals surface area contributed by atoms with Crippen LogP contribution in [0.2, 0.25) is 5.02 Å². The minimum absolute atomic E-state index is 0.324. The molecule has 0 radical (unpaired) electrons. The summed E-state index contributed by atoms with van der Waals surface area (Å²) in [7, 11) is 0. The molecule has 2 aromatic heterocycles. The van der Waals surface area contributed by atoms with Crippen LogP contribution < -0.4 is 4.74 Å². The summed E-state index contributed by atoms with van der Waals surface area (Å²) in [4.78, 5) is 7.66. The van der Waals surface area contributed by atoms with E-state index in [1.54, 1.807) is 6.20 Å². The predicted molar refractivity (Wildman–Crippen MR) is 122 cm³/mol. The fraction of sp³-hybridized carbons (Fsp3) is 0.480. The quantitative estimate of drug-likeness (QED) is 0.538. The number of nitrogens with zero attached hydrogens (tertiary/aromatic N) is 1. The van der Waals surface area contributed by atoms with Gasteiger partial charge >= 0.3 is 0 Å². The summed E-state index contributed by atoms with van der Waals surface area (Å²) in [6.07, 6.45) is 5.61. The first-order chi connectivity index (χ1) is 14.0. The average Bonchev–Trinajstić information content (AvgIpc) is 3.24. The van der Waals surface area contributed by atoms with Crippen molar-refractivity contribution in [1.82, 2.24) is 9.97 Å². The molecule has 0 spiro atoms. The molecule has 160 valence electrons. The van der Waals surface area contributed by atoms with Crippen molar-refractivity contribution in [3.05, 3.63) is 58.5 Å². The number of halogens is 1. The van der Waals surface area contributed by atoms with Crippen molar-refractivity contribution in [1.29, 1.82) is 0 Å². The highest BCUT2D eigenvalue weighted by Gasteiger charge is 2.45. The Bertz CT molecular complexity index is 1050. The number of fused-ring (bicyclic) bond motifs is 2. The third-order valence-electron chi connectivity index (χ3n) is 6.57. The number of ether oxygens (including phenoxy) is 1. The van der Waals surface area contributed by atoms with Crippen molar-refractivity contribution in [2.24, 2.45) is 5.41 Å². The van der Waals surface area contributed by atoms with Crippen LogP contribution in [0.3, 0.4) is 0 Å². The molecule has 4 nitrogen and oxygen atoms in total. The van der Waals surface area contributed by atoms with Gasteiger partial charge in [-0.3, -0.25) is 4.98 Å². The number of rotatable bonds is 5. The number of benzene rings is 1. The van der Waals surface area contributed by atoms with E-state index in [2.05, 4.69) is 50.7 Å². The third kappa shape index (κ3) is 3.83. The molecule has 0 aliphatic carbocycles. The van der Waals surface area contributed by atoms with Gasteiger partial charge in [-0.25, -0.2) is 0 Å². The van der Waals surface area contributed by atoms with Gasteiger partial charge in [-0.2, -0.15) is 0 Å². The normalized spacial score (nSPS) is 16.4. The Morgan fingerprint density at radius 3 is 2.63 bits per heavy atom. The monoisotopic (exact) mass is 426 g/mol. The Morgan fingerprint density at radius 1 is 1.17 bits per heavy atom. The molecule has 4 rings (SSSR count). The molecule has 1 aromatic carbocycles. The molecule has 2 N–H and O–H groups in total. The Balaban J connectivity index is 1.71. The lowest BCUT2D eigenvalue weighted by atomic mass is 9.64. The first-order valence-corrected chi connectivity index (χ1v) is 11.0. The van der Waals surface area contributed by atoms with E-state index in [4.69, 9.17) is 16.3 Å². The zero-order valence-electron chi connectivity index (χ0n) is 18.5. The van der Waals surface area contributed by atoms with E-state index < -0.39 is 5.60 Å². The molecule has 30 heavy (non-hydrogen) atoms. The predicted octanol–water partition coefficient (Wildman–Crippen LogP) is 5.84. The molecule has 3 heterocycles. The molecule has 0 fully saturated rings. The van der Waals surface area contributed by atoms with Gasteiger partial charge in [-0.1, -0.05) is 46.2 Å². The smallest absolute Gasteiger partial charge is 0.126 e. The Hall–Kier alpha value is -2.04. The fourth-order valence-corrected chi connectivity index (χ4v) is 4.87. The maximum absolute atomic E-state index is 12.0. The SMILES string of the molecule is CC(C)(CC(O)(Cc1cc2cnccc2[nH]1)C(C)(C)C)c1cc(Cl)cc2c1OCC2. The number of aromatic amines is 1. The minimum atomic E-state index is -0.946. The van der Waals surface area contributed by atoms with Crippen molar-refractivity contribution >= 4 is 22.5 Å². The highest BCUT2D eigenvalue weighted by molar-refractivity contribution is 6.30. The van der Waals surface area contributed by atoms with Crippen LogP contribution in [-0.4, -0.2) is 27.3 Å². The van der Waals surface area contributed by atoms with Gasteiger partial charge in [0.05, 0.1) is 12.2 Å². The molecule has 1 aliphatic heterocycles. The molecular weight excluding hydrogens is 396 g/mol. The van der Waals surface area contributed by atoms with Crippen LogP contribution in [0, 0.1) is 5.41 Å². The second-order valence-corrected chi connectivity index (χ2v) is 10.8. The second-order valence-electron chi connectivity index (χ2n) is 10.3. The van der Waals surface area contributed by atoms with E-state index in [-0.39, 0.29) is 10.8 Å². The maximum Gasteiger partial charge on any atom is 0.126 e. The number of aliphatic hydroxyl groups is 1. The van der Waals surface area contributed by atoms with Crippen LogP contribution in [0.25, 0.3) is 10.9 Å². The highest BCUT2D eigenvalue weighted by Crippen LogP contribution is 2.47. The van der Waals surface area contributed by atoms with Crippen molar-refractivity contribution in [3.8, 4) is 5.75 Å². The maximum atomic E-state index is 12.0. The van der Waals surface area contributed by atoms with Gasteiger partial charge in [0.25, 0.3) is 0 Å². The summed E-state index contributed by atoms with van der Waals surface area (Å²) in [5.41, 5.74) is 2.69. The van der Waals surface area contributed by atoms with Gasteiger partial charge in [-0.15, -0.1) is 0 Å². The molecule has 1 unspecified atom stereocenters. The summed E-state index contributed by atoms with van der Waals surface area (Å²) >= 11 is 6.44. The van der Waals surface area contributed by atoms with Crippen LogP contribution in [0.4, 0.5) is 0 Å². The fourth-order valence-electron chi connectivity index (χ4n) is 4.63. The summed E-state index contributed by atoms with van der Waals surface area (Å²) < 4.78 is 5.98. The van der Waals surface area contributed by atoms with E-state index in [1.807, 2.05) is 24.4 Å². The lowest BCUT2D eigenvalue weighted by molar-refractivity contribution is -0.0776. The molecule has 1 atom stereocenters. The number of hydrogen-bond acceptors (Lipinski definition) is 3. The topological polar surface area (TPSA) is 58.1 Å². The van der Waals surface area contributed by atoms with Gasteiger partial charge in [0.1, 0.15) is 5.75 Å². The Labute approximate surface area is 183 Å².